The first-order valence-corrected chi connectivity index (χ1v) is 28.5. The van der Waals surface area contributed by atoms with Crippen LogP contribution in [0.1, 0.15) is 22.3 Å². The molecule has 0 aliphatic carbocycles. The van der Waals surface area contributed by atoms with Crippen LogP contribution >= 0.6 is 0 Å². The Bertz CT molecular complexity index is 4440. The van der Waals surface area contributed by atoms with Crippen molar-refractivity contribution in [3.63, 3.8) is 0 Å². The maximum absolute atomic E-state index is 7.04. The Morgan fingerprint density at radius 3 is 0.655 bits per heavy atom. The minimum atomic E-state index is 0.685. The summed E-state index contributed by atoms with van der Waals surface area (Å²) >= 11 is 0. The number of nitrogens with zero attached hydrogens (tertiary/aromatic N) is 4. The van der Waals surface area contributed by atoms with Gasteiger partial charge in [-0.2, -0.15) is 0 Å². The first kappa shape index (κ1) is 48.9. The van der Waals surface area contributed by atoms with Crippen molar-refractivity contribution in [2.24, 2.45) is 0 Å². The van der Waals surface area contributed by atoms with Gasteiger partial charge >= 0.3 is 0 Å². The number of anilines is 12. The highest BCUT2D eigenvalue weighted by atomic mass is 16.4. The maximum atomic E-state index is 7.04. The van der Waals surface area contributed by atoms with Crippen molar-refractivity contribution in [1.29, 1.82) is 0 Å². The lowest BCUT2D eigenvalue weighted by Gasteiger charge is -2.33. The standard InChI is InChI=1S/C76H54N4O4/c1-47-21-5-13-29-59(47)77(71-41-51-25-9-17-33-67(51)81-71)63-45-64(78(60-30-14-6-22-48(60)2)72-42-52-26-10-18-34-68(52)82-72)56-39-40-58-66(80(62-32-16-8-24-50(62)4)74-44-54-28-12-20-36-70(54)84-74)46-65(57-38-37-55(63)75(56)76(57)58)79(61-31-15-7-23-49(61)3)73-43-53-27-11-19-35-69(53)83-73/h5-46H,1-4H3. The van der Waals surface area contributed by atoms with E-state index in [9.17, 15) is 0 Å². The van der Waals surface area contributed by atoms with E-state index < -0.39 is 0 Å². The molecule has 0 saturated carbocycles. The molecule has 0 bridgehead atoms. The zero-order chi connectivity index (χ0) is 56.2. The Morgan fingerprint density at radius 2 is 0.429 bits per heavy atom. The molecule has 0 N–H and O–H groups in total. The molecule has 0 amide bonds. The number of aryl methyl sites for hydroxylation is 4. The average molecular weight is 1090 g/mol. The molecule has 16 aromatic rings. The fourth-order valence-corrected chi connectivity index (χ4v) is 12.7. The predicted molar refractivity (Wildman–Crippen MR) is 347 cm³/mol. The lowest BCUT2D eigenvalue weighted by Crippen LogP contribution is -2.16. The molecule has 8 heteroatoms. The van der Waals surface area contributed by atoms with E-state index in [0.29, 0.717) is 23.5 Å². The molecule has 16 rings (SSSR count). The molecule has 0 spiro atoms. The van der Waals surface area contributed by atoms with E-state index in [0.717, 1.165) is 144 Å². The number of benzene rings is 12. The van der Waals surface area contributed by atoms with Crippen LogP contribution in [0.25, 0.3) is 76.2 Å². The summed E-state index contributed by atoms with van der Waals surface area (Å²) in [5.74, 6) is 2.74. The van der Waals surface area contributed by atoms with Gasteiger partial charge in [-0.1, -0.05) is 170 Å². The number of hydrogen-bond acceptors (Lipinski definition) is 8. The zero-order valence-corrected chi connectivity index (χ0v) is 46.7. The third kappa shape index (κ3) is 7.82. The Labute approximate surface area is 484 Å². The summed E-state index contributed by atoms with van der Waals surface area (Å²) in [6, 6.07) is 89.8. The van der Waals surface area contributed by atoms with Gasteiger partial charge in [-0.3, -0.25) is 19.6 Å². The van der Waals surface area contributed by atoms with E-state index in [4.69, 9.17) is 17.7 Å². The summed E-state index contributed by atoms with van der Waals surface area (Å²) in [5, 5.41) is 10.2. The molecular weight excluding hydrogens is 1030 g/mol. The highest BCUT2D eigenvalue weighted by Crippen LogP contribution is 2.57. The normalized spacial score (nSPS) is 11.8. The molecule has 4 heterocycles. The van der Waals surface area contributed by atoms with Crippen molar-refractivity contribution in [2.45, 2.75) is 27.7 Å². The number of para-hydroxylation sites is 8. The van der Waals surface area contributed by atoms with Gasteiger partial charge in [0.25, 0.3) is 0 Å². The van der Waals surface area contributed by atoms with E-state index in [2.05, 4.69) is 254 Å². The molecule has 402 valence electrons. The zero-order valence-electron chi connectivity index (χ0n) is 46.7. The van der Waals surface area contributed by atoms with Gasteiger partial charge in [0, 0.05) is 78.1 Å². The van der Waals surface area contributed by atoms with Gasteiger partial charge in [0.15, 0.2) is 0 Å². The minimum Gasteiger partial charge on any atom is -0.440 e. The van der Waals surface area contributed by atoms with Gasteiger partial charge in [-0.25, -0.2) is 0 Å². The van der Waals surface area contributed by atoms with E-state index >= 15 is 0 Å². The molecule has 0 unspecified atom stereocenters. The first-order valence-electron chi connectivity index (χ1n) is 28.5. The molecular formula is C76H54N4O4. The van der Waals surface area contributed by atoms with Crippen molar-refractivity contribution in [3.05, 3.63) is 277 Å². The van der Waals surface area contributed by atoms with E-state index in [1.807, 2.05) is 48.5 Å². The summed E-state index contributed by atoms with van der Waals surface area (Å²) in [6.07, 6.45) is 0. The molecule has 12 aromatic carbocycles. The summed E-state index contributed by atoms with van der Waals surface area (Å²) < 4.78 is 28.2. The van der Waals surface area contributed by atoms with Crippen LogP contribution in [0.15, 0.2) is 272 Å². The van der Waals surface area contributed by atoms with Gasteiger partial charge in [0.2, 0.25) is 23.5 Å². The first-order chi connectivity index (χ1) is 41.3. The molecule has 0 atom stereocenters. The lowest BCUT2D eigenvalue weighted by molar-refractivity contribution is 0.619. The molecule has 0 aliphatic rings. The Balaban J connectivity index is 1.11. The van der Waals surface area contributed by atoms with Gasteiger partial charge < -0.3 is 17.7 Å². The quantitative estimate of drug-likeness (QED) is 0.112. The predicted octanol–water partition coefficient (Wildman–Crippen LogP) is 22.7. The molecule has 0 saturated heterocycles. The minimum absolute atomic E-state index is 0.685. The van der Waals surface area contributed by atoms with Crippen LogP contribution in [0.2, 0.25) is 0 Å². The van der Waals surface area contributed by atoms with Crippen molar-refractivity contribution in [2.75, 3.05) is 19.6 Å². The van der Waals surface area contributed by atoms with E-state index in [-0.39, 0.29) is 0 Å². The average Bonchev–Trinajstić information content (AvgIpc) is 1.13. The number of rotatable bonds is 12. The highest BCUT2D eigenvalue weighted by molar-refractivity contribution is 6.33. The molecule has 84 heavy (non-hydrogen) atoms. The van der Waals surface area contributed by atoms with Crippen LogP contribution in [0.4, 0.5) is 69.0 Å². The lowest BCUT2D eigenvalue weighted by atomic mass is 9.89. The number of fused-ring (bicyclic) bond motifs is 4. The van der Waals surface area contributed by atoms with Crippen molar-refractivity contribution in [3.8, 4) is 0 Å². The van der Waals surface area contributed by atoms with Crippen LogP contribution in [0, 0.1) is 27.7 Å². The van der Waals surface area contributed by atoms with Crippen molar-refractivity contribution < 1.29 is 17.7 Å². The Hall–Kier alpha value is -11.0. The van der Waals surface area contributed by atoms with Crippen LogP contribution in [-0.2, 0) is 0 Å². The molecule has 0 aliphatic heterocycles. The second-order valence-corrected chi connectivity index (χ2v) is 21.9. The van der Waals surface area contributed by atoms with Crippen LogP contribution in [-0.4, -0.2) is 0 Å². The van der Waals surface area contributed by atoms with Gasteiger partial charge in [-0.15, -0.1) is 0 Å². The van der Waals surface area contributed by atoms with Gasteiger partial charge in [0.1, 0.15) is 22.3 Å². The topological polar surface area (TPSA) is 65.5 Å². The van der Waals surface area contributed by atoms with Crippen molar-refractivity contribution >= 4 is 145 Å². The summed E-state index contributed by atoms with van der Waals surface area (Å²) in [6.45, 7) is 8.69. The second kappa shape index (κ2) is 19.4. The fourth-order valence-electron chi connectivity index (χ4n) is 12.7. The van der Waals surface area contributed by atoms with Gasteiger partial charge in [-0.05, 0) is 111 Å². The largest absolute Gasteiger partial charge is 0.440 e. The van der Waals surface area contributed by atoms with E-state index in [1.54, 1.807) is 0 Å². The van der Waals surface area contributed by atoms with Crippen LogP contribution < -0.4 is 19.6 Å². The highest BCUT2D eigenvalue weighted by Gasteiger charge is 2.33. The Kier molecular flexibility index (Phi) is 11.3. The van der Waals surface area contributed by atoms with E-state index in [1.165, 1.54) is 0 Å². The van der Waals surface area contributed by atoms with Gasteiger partial charge in [0.05, 0.1) is 45.5 Å². The molecule has 0 fully saturated rings. The van der Waals surface area contributed by atoms with Crippen LogP contribution in [0.3, 0.4) is 0 Å². The molecule has 8 nitrogen and oxygen atoms in total. The van der Waals surface area contributed by atoms with Crippen molar-refractivity contribution in [1.82, 2.24) is 0 Å². The van der Waals surface area contributed by atoms with Crippen LogP contribution in [0.5, 0.6) is 0 Å². The third-order valence-electron chi connectivity index (χ3n) is 16.7. The molecule has 4 aromatic heterocycles. The Morgan fingerprint density at radius 1 is 0.214 bits per heavy atom. The SMILES string of the molecule is Cc1ccccc1N(c1cc2ccccc2o1)c1cc(N(c2cc3ccccc3o2)c2ccccc2C)c2ccc3c(N(c4cc5ccccc5o4)c4ccccc4C)cc(N(c4cc5ccccc5o4)c4ccccc4C)c4ccc1c2c43. The summed E-state index contributed by atoms with van der Waals surface area (Å²) in [7, 11) is 0. The number of furan rings is 4. The summed E-state index contributed by atoms with van der Waals surface area (Å²) in [4.78, 5) is 9.24. The number of hydrogen-bond donors (Lipinski definition) is 0. The monoisotopic (exact) mass is 1090 g/mol. The maximum Gasteiger partial charge on any atom is 0.205 e. The molecule has 0 radical (unpaired) electrons. The fraction of sp³-hybridized carbons (Fsp3) is 0.0526. The summed E-state index contributed by atoms with van der Waals surface area (Å²) in [5.41, 5.74) is 15.1. The second-order valence-electron chi connectivity index (χ2n) is 21.9. The third-order valence-corrected chi connectivity index (χ3v) is 16.7. The smallest absolute Gasteiger partial charge is 0.205 e.